The molecule has 0 amide bonds. The Morgan fingerprint density at radius 2 is 2.17 bits per heavy atom. The molecule has 1 unspecified atom stereocenters. The van der Waals surface area contributed by atoms with Crippen molar-refractivity contribution in [3.63, 3.8) is 0 Å². The van der Waals surface area contributed by atoms with Gasteiger partial charge in [0.2, 0.25) is 0 Å². The first-order chi connectivity index (χ1) is 5.22. The molecule has 5 heteroatoms. The molecule has 0 aliphatic carbocycles. The first kappa shape index (κ1) is 11.1. The summed E-state index contributed by atoms with van der Waals surface area (Å²) >= 11 is 0. The Labute approximate surface area is 79.7 Å². The van der Waals surface area contributed by atoms with Gasteiger partial charge in [0.1, 0.15) is 0 Å². The normalized spacial score (nSPS) is 11.4. The molecule has 0 saturated heterocycles. The second kappa shape index (κ2) is 4.87. The van der Waals surface area contributed by atoms with Gasteiger partial charge in [0.25, 0.3) is 0 Å². The van der Waals surface area contributed by atoms with E-state index in [0.29, 0.717) is 0 Å². The smallest absolute Gasteiger partial charge is 0.479 e. The number of nitrogens with zero attached hydrogens (tertiary/aromatic N) is 1. The van der Waals surface area contributed by atoms with Crippen LogP contribution in [0.15, 0.2) is 24.4 Å². The van der Waals surface area contributed by atoms with E-state index in [4.69, 9.17) is 10.2 Å². The average Bonchev–Trinajstić information content (AvgIpc) is 2.05. The third-order valence-corrected chi connectivity index (χ3v) is 1.20. The fraction of sp³-hybridized carbons (Fsp3) is 0.143. The molecule has 0 spiro atoms. The molecule has 1 aromatic rings. The van der Waals surface area contributed by atoms with E-state index in [9.17, 15) is 4.79 Å². The molecule has 1 aromatic heterocycles. The van der Waals surface area contributed by atoms with Crippen LogP contribution in [0.1, 0.15) is 11.8 Å². The molecule has 1 atom stereocenters. The van der Waals surface area contributed by atoms with Gasteiger partial charge in [0.15, 0.2) is 6.10 Å². The zero-order chi connectivity index (χ0) is 8.27. The minimum absolute atomic E-state index is 0. The summed E-state index contributed by atoms with van der Waals surface area (Å²) in [5, 5.41) is 17.3. The summed E-state index contributed by atoms with van der Waals surface area (Å²) in [6.45, 7) is 0. The molecule has 12 heavy (non-hydrogen) atoms. The Bertz CT molecular complexity index is 252. The number of carboxylic acids is 1. The van der Waals surface area contributed by atoms with Crippen LogP contribution in [0.2, 0.25) is 0 Å². The van der Waals surface area contributed by atoms with Gasteiger partial charge < -0.3 is 10.2 Å². The number of rotatable bonds is 2. The van der Waals surface area contributed by atoms with Crippen LogP contribution in [-0.2, 0) is 21.9 Å². The molecule has 0 aliphatic heterocycles. The van der Waals surface area contributed by atoms with Crippen molar-refractivity contribution < 1.29 is 32.1 Å². The van der Waals surface area contributed by atoms with Crippen molar-refractivity contribution in [2.75, 3.05) is 0 Å². The minimum Gasteiger partial charge on any atom is -0.479 e. The molecule has 67 valence electrons. The summed E-state index contributed by atoms with van der Waals surface area (Å²) in [4.78, 5) is 13.9. The number of hydrogen-bond donors (Lipinski definition) is 2. The number of aliphatic carboxylic acids is 1. The van der Waals surface area contributed by atoms with Gasteiger partial charge in [-0.3, -0.25) is 4.98 Å². The number of aliphatic hydroxyl groups is 1. The van der Waals surface area contributed by atoms with E-state index in [1.165, 1.54) is 12.3 Å². The number of carbonyl (C=O) groups is 1. The Morgan fingerprint density at radius 1 is 1.50 bits per heavy atom. The van der Waals surface area contributed by atoms with Crippen LogP contribution >= 0.6 is 0 Å². The molecular formula is C7H7CuNO3+2. The molecule has 1 radical (unpaired) electrons. The van der Waals surface area contributed by atoms with E-state index in [2.05, 4.69) is 4.98 Å². The van der Waals surface area contributed by atoms with E-state index >= 15 is 0 Å². The van der Waals surface area contributed by atoms with Crippen LogP contribution in [-0.4, -0.2) is 21.2 Å². The molecule has 0 aromatic carbocycles. The minimum atomic E-state index is -1.52. The standard InChI is InChI=1S/C7H7NO3.Cu/c9-6(7(10)11)5-3-1-2-4-8-5;/h1-4,6,9H,(H,10,11);/q;+2. The summed E-state index contributed by atoms with van der Waals surface area (Å²) in [6.07, 6.45) is -0.0854. The van der Waals surface area contributed by atoms with E-state index in [0.717, 1.165) is 0 Å². The van der Waals surface area contributed by atoms with Crippen LogP contribution in [0.5, 0.6) is 0 Å². The van der Waals surface area contributed by atoms with Crippen molar-refractivity contribution in [2.24, 2.45) is 0 Å². The van der Waals surface area contributed by atoms with E-state index < -0.39 is 12.1 Å². The van der Waals surface area contributed by atoms with Crippen LogP contribution in [0, 0.1) is 0 Å². The zero-order valence-electron chi connectivity index (χ0n) is 5.94. The Morgan fingerprint density at radius 3 is 2.58 bits per heavy atom. The zero-order valence-corrected chi connectivity index (χ0v) is 6.88. The van der Waals surface area contributed by atoms with Crippen LogP contribution in [0.25, 0.3) is 0 Å². The van der Waals surface area contributed by atoms with Gasteiger partial charge >= 0.3 is 23.0 Å². The third-order valence-electron chi connectivity index (χ3n) is 1.20. The van der Waals surface area contributed by atoms with Gasteiger partial charge in [-0.15, -0.1) is 0 Å². The van der Waals surface area contributed by atoms with Crippen molar-refractivity contribution in [3.8, 4) is 0 Å². The number of carboxylic acid groups (broad SMARTS) is 1. The van der Waals surface area contributed by atoms with Gasteiger partial charge in [-0.2, -0.15) is 0 Å². The largest absolute Gasteiger partial charge is 2.00 e. The molecule has 0 fully saturated rings. The second-order valence-corrected chi connectivity index (χ2v) is 2.00. The maximum absolute atomic E-state index is 10.2. The third kappa shape index (κ3) is 2.62. The summed E-state index contributed by atoms with van der Waals surface area (Å²) in [5.41, 5.74) is 0.153. The van der Waals surface area contributed by atoms with Crippen molar-refractivity contribution in [3.05, 3.63) is 30.1 Å². The summed E-state index contributed by atoms with van der Waals surface area (Å²) in [7, 11) is 0. The van der Waals surface area contributed by atoms with Crippen molar-refractivity contribution in [1.29, 1.82) is 0 Å². The molecule has 2 N–H and O–H groups in total. The topological polar surface area (TPSA) is 70.4 Å². The summed E-state index contributed by atoms with van der Waals surface area (Å²) < 4.78 is 0. The maximum atomic E-state index is 10.2. The number of hydrogen-bond acceptors (Lipinski definition) is 3. The number of pyridine rings is 1. The van der Waals surface area contributed by atoms with E-state index in [1.54, 1.807) is 12.1 Å². The molecular weight excluding hydrogens is 210 g/mol. The Hall–Kier alpha value is -0.901. The van der Waals surface area contributed by atoms with Gasteiger partial charge in [-0.1, -0.05) is 6.07 Å². The number of aromatic nitrogens is 1. The molecule has 0 bridgehead atoms. The quantitative estimate of drug-likeness (QED) is 0.693. The van der Waals surface area contributed by atoms with Gasteiger partial charge in [-0.25, -0.2) is 4.79 Å². The van der Waals surface area contributed by atoms with E-state index in [1.807, 2.05) is 0 Å². The molecule has 1 rings (SSSR count). The first-order valence-corrected chi connectivity index (χ1v) is 3.03. The Kier molecular flexibility index (Phi) is 4.51. The average molecular weight is 217 g/mol. The van der Waals surface area contributed by atoms with E-state index in [-0.39, 0.29) is 22.8 Å². The molecule has 0 saturated carbocycles. The fourth-order valence-corrected chi connectivity index (χ4v) is 0.664. The van der Waals surface area contributed by atoms with Crippen molar-refractivity contribution >= 4 is 5.97 Å². The number of aliphatic hydroxyl groups excluding tert-OH is 1. The maximum Gasteiger partial charge on any atom is 2.00 e. The van der Waals surface area contributed by atoms with Crippen molar-refractivity contribution in [2.45, 2.75) is 6.10 Å². The molecule has 0 aliphatic rings. The van der Waals surface area contributed by atoms with Crippen molar-refractivity contribution in [1.82, 2.24) is 4.98 Å². The van der Waals surface area contributed by atoms with Crippen LogP contribution in [0.3, 0.4) is 0 Å². The van der Waals surface area contributed by atoms with Crippen LogP contribution < -0.4 is 0 Å². The summed E-state index contributed by atoms with van der Waals surface area (Å²) in [5.74, 6) is -1.29. The fourth-order valence-electron chi connectivity index (χ4n) is 0.664. The summed E-state index contributed by atoms with van der Waals surface area (Å²) in [6, 6.07) is 4.73. The molecule has 1 heterocycles. The SMILES string of the molecule is O=C(O)C(O)c1ccccn1.[Cu+2]. The second-order valence-electron chi connectivity index (χ2n) is 2.00. The Balaban J connectivity index is 0.00000121. The first-order valence-electron chi connectivity index (χ1n) is 3.03. The van der Waals surface area contributed by atoms with Gasteiger partial charge in [0, 0.05) is 6.20 Å². The van der Waals surface area contributed by atoms with Gasteiger partial charge in [0.05, 0.1) is 5.69 Å². The predicted octanol–water partition coefficient (Wildman–Crippen LogP) is 0.197. The van der Waals surface area contributed by atoms with Gasteiger partial charge in [-0.05, 0) is 12.1 Å². The van der Waals surface area contributed by atoms with Crippen LogP contribution in [0.4, 0.5) is 0 Å². The monoisotopic (exact) mass is 216 g/mol. The molecule has 4 nitrogen and oxygen atoms in total. The predicted molar refractivity (Wildman–Crippen MR) is 36.8 cm³/mol.